The van der Waals surface area contributed by atoms with E-state index in [2.05, 4.69) is 5.32 Å². The van der Waals surface area contributed by atoms with Crippen molar-refractivity contribution in [1.82, 2.24) is 0 Å². The number of nitrogens with zero attached hydrogens (tertiary/aromatic N) is 2. The summed E-state index contributed by atoms with van der Waals surface area (Å²) < 4.78 is 30.9. The fraction of sp³-hybridized carbons (Fsp3) is 0.333. The van der Waals surface area contributed by atoms with Crippen molar-refractivity contribution in [2.24, 2.45) is 0 Å². The molecule has 1 fully saturated rings. The van der Waals surface area contributed by atoms with E-state index in [1.54, 1.807) is 43.3 Å². The van der Waals surface area contributed by atoms with E-state index in [0.717, 1.165) is 5.56 Å². The van der Waals surface area contributed by atoms with Gasteiger partial charge in [0.1, 0.15) is 5.69 Å². The van der Waals surface area contributed by atoms with Gasteiger partial charge in [0.05, 0.1) is 23.0 Å². The average Bonchev–Trinajstić information content (AvgIpc) is 2.99. The van der Waals surface area contributed by atoms with Gasteiger partial charge in [-0.15, -0.1) is 0 Å². The molecule has 0 atom stereocenters. The lowest BCUT2D eigenvalue weighted by atomic mass is 10.2. The maximum Gasteiger partial charge on any atom is 0.333 e. The molecule has 27 heavy (non-hydrogen) atoms. The molecule has 0 unspecified atom stereocenters. The molecule has 0 bridgehead atoms. The Morgan fingerprint density at radius 2 is 2.04 bits per heavy atom. The highest BCUT2D eigenvalue weighted by atomic mass is 32.2. The van der Waals surface area contributed by atoms with Gasteiger partial charge in [-0.1, -0.05) is 18.2 Å². The second-order valence-electron chi connectivity index (χ2n) is 6.11. The number of sulfonamides is 1. The van der Waals surface area contributed by atoms with Gasteiger partial charge in [-0.25, -0.2) is 8.42 Å². The van der Waals surface area contributed by atoms with E-state index < -0.39 is 14.9 Å². The normalized spacial score (nSPS) is 15.5. The highest BCUT2D eigenvalue weighted by molar-refractivity contribution is 7.93. The molecule has 1 N–H and O–H groups in total. The first-order valence-corrected chi connectivity index (χ1v) is 10.3. The Bertz CT molecular complexity index is 946. The second kappa shape index (κ2) is 7.83. The van der Waals surface area contributed by atoms with Gasteiger partial charge in [-0.2, -0.15) is 0 Å². The van der Waals surface area contributed by atoms with Gasteiger partial charge in [0, 0.05) is 13.1 Å². The largest absolute Gasteiger partial charge is 0.487 e. The molecule has 2 aromatic rings. The number of nitro groups is 1. The van der Waals surface area contributed by atoms with Crippen LogP contribution in [0.3, 0.4) is 0 Å². The Morgan fingerprint density at radius 3 is 2.70 bits per heavy atom. The smallest absolute Gasteiger partial charge is 0.333 e. The van der Waals surface area contributed by atoms with Gasteiger partial charge < -0.3 is 10.1 Å². The summed E-state index contributed by atoms with van der Waals surface area (Å²) in [6, 6.07) is 12.0. The summed E-state index contributed by atoms with van der Waals surface area (Å²) in [7, 11) is -3.25. The van der Waals surface area contributed by atoms with Gasteiger partial charge in [0.2, 0.25) is 10.0 Å². The minimum absolute atomic E-state index is 0.113. The fourth-order valence-electron chi connectivity index (χ4n) is 3.07. The van der Waals surface area contributed by atoms with Crippen molar-refractivity contribution < 1.29 is 18.1 Å². The molecule has 144 valence electrons. The molecule has 8 nitrogen and oxygen atoms in total. The third-order valence-corrected chi connectivity index (χ3v) is 6.13. The van der Waals surface area contributed by atoms with E-state index in [1.807, 2.05) is 6.07 Å². The van der Waals surface area contributed by atoms with Crippen LogP contribution in [0, 0.1) is 10.1 Å². The van der Waals surface area contributed by atoms with Crippen LogP contribution in [-0.2, 0) is 16.6 Å². The Labute approximate surface area is 158 Å². The number of anilines is 2. The molecule has 3 rings (SSSR count). The zero-order chi connectivity index (χ0) is 19.4. The number of benzene rings is 2. The summed E-state index contributed by atoms with van der Waals surface area (Å²) in [5.74, 6) is 0.371. The Hall–Kier alpha value is -2.81. The number of rotatable bonds is 7. The van der Waals surface area contributed by atoms with Gasteiger partial charge in [0.15, 0.2) is 5.75 Å². The molecule has 9 heteroatoms. The van der Waals surface area contributed by atoms with Crippen LogP contribution in [0.25, 0.3) is 0 Å². The second-order valence-corrected chi connectivity index (χ2v) is 8.12. The van der Waals surface area contributed by atoms with E-state index in [9.17, 15) is 18.5 Å². The molecular weight excluding hydrogens is 370 g/mol. The van der Waals surface area contributed by atoms with Crippen molar-refractivity contribution in [1.29, 1.82) is 0 Å². The van der Waals surface area contributed by atoms with Gasteiger partial charge in [-0.05, 0) is 43.2 Å². The van der Waals surface area contributed by atoms with Crippen LogP contribution >= 0.6 is 0 Å². The zero-order valence-electron chi connectivity index (χ0n) is 14.9. The van der Waals surface area contributed by atoms with Gasteiger partial charge in [-0.3, -0.25) is 14.4 Å². The maximum absolute atomic E-state index is 12.1. The number of hydrogen-bond acceptors (Lipinski definition) is 6. The lowest BCUT2D eigenvalue weighted by Gasteiger charge is -2.18. The fourth-order valence-corrected chi connectivity index (χ4v) is 4.63. The van der Waals surface area contributed by atoms with Crippen LogP contribution < -0.4 is 14.4 Å². The lowest BCUT2D eigenvalue weighted by molar-refractivity contribution is -0.384. The molecule has 1 aliphatic rings. The van der Waals surface area contributed by atoms with Crippen LogP contribution in [-0.4, -0.2) is 32.2 Å². The number of ether oxygens (including phenoxy) is 1. The summed E-state index contributed by atoms with van der Waals surface area (Å²) in [5.41, 5.74) is 1.68. The van der Waals surface area contributed by atoms with E-state index in [1.165, 1.54) is 4.31 Å². The molecule has 0 aromatic heterocycles. The van der Waals surface area contributed by atoms with Crippen molar-refractivity contribution in [3.05, 3.63) is 58.1 Å². The number of nitrogens with one attached hydrogen (secondary N) is 1. The van der Waals surface area contributed by atoms with Crippen molar-refractivity contribution >= 4 is 27.1 Å². The predicted molar refractivity (Wildman–Crippen MR) is 104 cm³/mol. The molecule has 0 aliphatic carbocycles. The molecule has 0 saturated carbocycles. The SMILES string of the molecule is CCOc1cccc(NCc2cccc(N3CCCS3(=O)=O)c2)c1[N+](=O)[O-]. The third kappa shape index (κ3) is 4.13. The molecular formula is C18H21N3O5S. The van der Waals surface area contributed by atoms with E-state index in [4.69, 9.17) is 4.74 Å². The summed E-state index contributed by atoms with van der Waals surface area (Å²) in [6.07, 6.45) is 0.612. The van der Waals surface area contributed by atoms with Crippen molar-refractivity contribution in [3.8, 4) is 5.75 Å². The minimum atomic E-state index is -3.25. The first-order valence-electron chi connectivity index (χ1n) is 8.66. The molecule has 1 heterocycles. The lowest BCUT2D eigenvalue weighted by Crippen LogP contribution is -2.25. The zero-order valence-corrected chi connectivity index (χ0v) is 15.7. The highest BCUT2D eigenvalue weighted by Crippen LogP contribution is 2.35. The topological polar surface area (TPSA) is 102 Å². The van der Waals surface area contributed by atoms with Crippen molar-refractivity contribution in [3.63, 3.8) is 0 Å². The molecule has 1 aliphatic heterocycles. The van der Waals surface area contributed by atoms with Crippen LogP contribution in [0.15, 0.2) is 42.5 Å². The van der Waals surface area contributed by atoms with Gasteiger partial charge >= 0.3 is 5.69 Å². The maximum atomic E-state index is 12.1. The van der Waals surface area contributed by atoms with E-state index in [-0.39, 0.29) is 17.2 Å². The van der Waals surface area contributed by atoms with Crippen molar-refractivity contribution in [2.45, 2.75) is 19.9 Å². The number of para-hydroxylation sites is 1. The van der Waals surface area contributed by atoms with Gasteiger partial charge in [0.25, 0.3) is 0 Å². The standard InChI is InChI=1S/C18H21N3O5S/c1-2-26-17-9-4-8-16(18(17)21(22)23)19-13-14-6-3-7-15(12-14)20-10-5-11-27(20,24)25/h3-4,6-9,12,19H,2,5,10-11,13H2,1H3. The summed E-state index contributed by atoms with van der Waals surface area (Å²) >= 11 is 0. The summed E-state index contributed by atoms with van der Waals surface area (Å²) in [6.45, 7) is 2.89. The quantitative estimate of drug-likeness (QED) is 0.575. The molecule has 2 aromatic carbocycles. The Balaban J connectivity index is 1.81. The van der Waals surface area contributed by atoms with Crippen LogP contribution in [0.5, 0.6) is 5.75 Å². The van der Waals surface area contributed by atoms with Crippen LogP contribution in [0.2, 0.25) is 0 Å². The summed E-state index contributed by atoms with van der Waals surface area (Å²) in [4.78, 5) is 11.0. The van der Waals surface area contributed by atoms with Crippen molar-refractivity contribution in [2.75, 3.05) is 28.5 Å². The minimum Gasteiger partial charge on any atom is -0.487 e. The first kappa shape index (κ1) is 19.0. The third-order valence-electron chi connectivity index (χ3n) is 4.26. The molecule has 0 radical (unpaired) electrons. The highest BCUT2D eigenvalue weighted by Gasteiger charge is 2.28. The average molecular weight is 391 g/mol. The molecule has 0 amide bonds. The van der Waals surface area contributed by atoms with E-state index in [0.29, 0.717) is 37.5 Å². The first-order chi connectivity index (χ1) is 12.9. The number of nitro benzene ring substituents is 1. The Kier molecular flexibility index (Phi) is 5.50. The Morgan fingerprint density at radius 1 is 1.26 bits per heavy atom. The molecule has 1 saturated heterocycles. The molecule has 0 spiro atoms. The predicted octanol–water partition coefficient (Wildman–Crippen LogP) is 3.15. The van der Waals surface area contributed by atoms with E-state index >= 15 is 0 Å². The number of hydrogen-bond donors (Lipinski definition) is 1. The van der Waals surface area contributed by atoms with Crippen LogP contribution in [0.4, 0.5) is 17.1 Å². The monoisotopic (exact) mass is 391 g/mol. The van der Waals surface area contributed by atoms with Crippen LogP contribution in [0.1, 0.15) is 18.9 Å². The summed E-state index contributed by atoms with van der Waals surface area (Å²) in [5, 5.41) is 14.5.